The Morgan fingerprint density at radius 1 is 1.33 bits per heavy atom. The Hall–Kier alpha value is -1.16. The third-order valence-electron chi connectivity index (χ3n) is 4.63. The fraction of sp³-hybridized carbons (Fsp3) is 0.588. The van der Waals surface area contributed by atoms with Crippen molar-refractivity contribution >= 4 is 23.4 Å². The van der Waals surface area contributed by atoms with Gasteiger partial charge in [-0.05, 0) is 56.1 Å². The van der Waals surface area contributed by atoms with Crippen LogP contribution in [0.4, 0.5) is 5.69 Å². The summed E-state index contributed by atoms with van der Waals surface area (Å²) in [5.41, 5.74) is 3.20. The summed E-state index contributed by atoms with van der Waals surface area (Å²) in [6.45, 7) is 1.01. The number of amides is 1. The molecule has 1 aromatic carbocycles. The van der Waals surface area contributed by atoms with Crippen LogP contribution in [0.15, 0.2) is 18.2 Å². The topological polar surface area (TPSA) is 41.1 Å². The summed E-state index contributed by atoms with van der Waals surface area (Å²) in [6, 6.07) is 6.37. The molecule has 2 N–H and O–H groups in total. The number of carbonyl (C=O) groups is 1. The molecule has 1 fully saturated rings. The smallest absolute Gasteiger partial charge is 0.251 e. The molecule has 0 radical (unpaired) electrons. The number of rotatable bonds is 3. The number of fused-ring (bicyclic) bond motifs is 1. The Morgan fingerprint density at radius 2 is 2.24 bits per heavy atom. The van der Waals surface area contributed by atoms with E-state index in [2.05, 4.69) is 23.0 Å². The van der Waals surface area contributed by atoms with Crippen LogP contribution < -0.4 is 10.6 Å². The average molecular weight is 304 g/mol. The minimum atomic E-state index is 0.113. The van der Waals surface area contributed by atoms with E-state index in [0.717, 1.165) is 43.5 Å². The molecule has 2 atom stereocenters. The number of hydrogen-bond acceptors (Lipinski definition) is 3. The molecule has 0 bridgehead atoms. The first-order valence-corrected chi connectivity index (χ1v) is 9.26. The second-order valence-corrected chi connectivity index (χ2v) is 7.19. The molecular formula is C17H24N2OS. The van der Waals surface area contributed by atoms with E-state index in [1.165, 1.54) is 18.4 Å². The molecule has 0 spiro atoms. The second kappa shape index (κ2) is 6.73. The molecule has 1 heterocycles. The van der Waals surface area contributed by atoms with Crippen molar-refractivity contribution in [3.05, 3.63) is 29.3 Å². The molecule has 1 amide bonds. The van der Waals surface area contributed by atoms with Gasteiger partial charge in [0.05, 0.1) is 0 Å². The SMILES string of the molecule is CSC1CCCC(NC(=O)c2cccc3c2CCCN3)C1. The third kappa shape index (κ3) is 3.37. The number of anilines is 1. The van der Waals surface area contributed by atoms with Crippen LogP contribution in [0.3, 0.4) is 0 Å². The number of carbonyl (C=O) groups excluding carboxylic acids is 1. The zero-order chi connectivity index (χ0) is 14.7. The maximum Gasteiger partial charge on any atom is 0.251 e. The van der Waals surface area contributed by atoms with Gasteiger partial charge in [0.1, 0.15) is 0 Å². The van der Waals surface area contributed by atoms with E-state index < -0.39 is 0 Å². The molecule has 3 nitrogen and oxygen atoms in total. The van der Waals surface area contributed by atoms with Gasteiger partial charge in [-0.25, -0.2) is 0 Å². The highest BCUT2D eigenvalue weighted by molar-refractivity contribution is 7.99. The van der Waals surface area contributed by atoms with E-state index in [1.54, 1.807) is 0 Å². The third-order valence-corrected chi connectivity index (χ3v) is 5.73. The Labute approximate surface area is 131 Å². The van der Waals surface area contributed by atoms with Gasteiger partial charge in [-0.1, -0.05) is 12.5 Å². The molecule has 1 aromatic rings. The summed E-state index contributed by atoms with van der Waals surface area (Å²) in [6.07, 6.45) is 9.03. The lowest BCUT2D eigenvalue weighted by Gasteiger charge is -2.29. The largest absolute Gasteiger partial charge is 0.385 e. The van der Waals surface area contributed by atoms with E-state index >= 15 is 0 Å². The highest BCUT2D eigenvalue weighted by Gasteiger charge is 2.24. The van der Waals surface area contributed by atoms with Gasteiger partial charge >= 0.3 is 0 Å². The zero-order valence-electron chi connectivity index (χ0n) is 12.7. The van der Waals surface area contributed by atoms with Crippen molar-refractivity contribution in [2.75, 3.05) is 18.1 Å². The first-order chi connectivity index (χ1) is 10.3. The summed E-state index contributed by atoms with van der Waals surface area (Å²) < 4.78 is 0. The molecule has 2 aliphatic rings. The van der Waals surface area contributed by atoms with Gasteiger partial charge in [-0.2, -0.15) is 11.8 Å². The van der Waals surface area contributed by atoms with Crippen LogP contribution in [0.25, 0.3) is 0 Å². The first kappa shape index (κ1) is 14.8. The highest BCUT2D eigenvalue weighted by Crippen LogP contribution is 2.28. The standard InChI is InChI=1S/C17H24N2OS/c1-21-13-6-2-5-12(11-13)19-17(20)15-7-3-9-16-14(15)8-4-10-18-16/h3,7,9,12-13,18H,2,4-6,8,10-11H2,1H3,(H,19,20). The molecule has 0 aromatic heterocycles. The summed E-state index contributed by atoms with van der Waals surface area (Å²) in [4.78, 5) is 12.6. The van der Waals surface area contributed by atoms with Gasteiger partial charge in [0, 0.05) is 29.1 Å². The van der Waals surface area contributed by atoms with Gasteiger partial charge in [0.2, 0.25) is 0 Å². The van der Waals surface area contributed by atoms with Crippen LogP contribution in [-0.4, -0.2) is 30.0 Å². The average Bonchev–Trinajstić information content (AvgIpc) is 2.54. The fourth-order valence-electron chi connectivity index (χ4n) is 3.48. The zero-order valence-corrected chi connectivity index (χ0v) is 13.5. The normalized spacial score (nSPS) is 24.8. The van der Waals surface area contributed by atoms with Crippen molar-refractivity contribution < 1.29 is 4.79 Å². The molecule has 1 saturated carbocycles. The van der Waals surface area contributed by atoms with Crippen LogP contribution in [0.1, 0.15) is 48.0 Å². The second-order valence-electron chi connectivity index (χ2n) is 6.06. The van der Waals surface area contributed by atoms with E-state index in [4.69, 9.17) is 0 Å². The predicted molar refractivity (Wildman–Crippen MR) is 90.3 cm³/mol. The highest BCUT2D eigenvalue weighted by atomic mass is 32.2. The Bertz CT molecular complexity index is 518. The van der Waals surface area contributed by atoms with E-state index in [-0.39, 0.29) is 5.91 Å². The van der Waals surface area contributed by atoms with Crippen LogP contribution in [0, 0.1) is 0 Å². The molecule has 4 heteroatoms. The lowest BCUT2D eigenvalue weighted by molar-refractivity contribution is 0.0927. The van der Waals surface area contributed by atoms with Crippen molar-refractivity contribution in [2.45, 2.75) is 49.8 Å². The van der Waals surface area contributed by atoms with E-state index in [1.807, 2.05) is 23.9 Å². The molecule has 1 aliphatic heterocycles. The lowest BCUT2D eigenvalue weighted by Crippen LogP contribution is -2.39. The summed E-state index contributed by atoms with van der Waals surface area (Å²) in [7, 11) is 0. The van der Waals surface area contributed by atoms with Gasteiger partial charge in [0.25, 0.3) is 5.91 Å². The predicted octanol–water partition coefficient (Wildman–Crippen LogP) is 3.45. The maximum atomic E-state index is 12.6. The molecule has 114 valence electrons. The number of benzene rings is 1. The van der Waals surface area contributed by atoms with Crippen LogP contribution in [-0.2, 0) is 6.42 Å². The van der Waals surface area contributed by atoms with Crippen LogP contribution in [0.2, 0.25) is 0 Å². The molecule has 21 heavy (non-hydrogen) atoms. The Morgan fingerprint density at radius 3 is 3.10 bits per heavy atom. The van der Waals surface area contributed by atoms with Gasteiger partial charge in [-0.15, -0.1) is 0 Å². The molecule has 0 saturated heterocycles. The molecule has 2 unspecified atom stereocenters. The minimum absolute atomic E-state index is 0.113. The summed E-state index contributed by atoms with van der Waals surface area (Å²) in [5.74, 6) is 0.113. The fourth-order valence-corrected chi connectivity index (χ4v) is 4.30. The number of hydrogen-bond donors (Lipinski definition) is 2. The van der Waals surface area contributed by atoms with Crippen molar-refractivity contribution in [1.29, 1.82) is 0 Å². The van der Waals surface area contributed by atoms with Gasteiger partial charge in [-0.3, -0.25) is 4.79 Å². The quantitative estimate of drug-likeness (QED) is 0.898. The van der Waals surface area contributed by atoms with Crippen LogP contribution in [0.5, 0.6) is 0 Å². The van der Waals surface area contributed by atoms with E-state index in [9.17, 15) is 4.79 Å². The Balaban J connectivity index is 1.71. The number of thioether (sulfide) groups is 1. The van der Waals surface area contributed by atoms with Crippen molar-refractivity contribution in [2.24, 2.45) is 0 Å². The minimum Gasteiger partial charge on any atom is -0.385 e. The maximum absolute atomic E-state index is 12.6. The van der Waals surface area contributed by atoms with Crippen molar-refractivity contribution in [3.63, 3.8) is 0 Å². The summed E-state index contributed by atoms with van der Waals surface area (Å²) in [5, 5.41) is 7.37. The summed E-state index contributed by atoms with van der Waals surface area (Å²) >= 11 is 1.93. The monoisotopic (exact) mass is 304 g/mol. The van der Waals surface area contributed by atoms with Crippen LogP contribution >= 0.6 is 11.8 Å². The van der Waals surface area contributed by atoms with Crippen molar-refractivity contribution in [1.82, 2.24) is 5.32 Å². The number of nitrogens with one attached hydrogen (secondary N) is 2. The molecular weight excluding hydrogens is 280 g/mol. The first-order valence-electron chi connectivity index (χ1n) is 7.97. The lowest BCUT2D eigenvalue weighted by atomic mass is 9.93. The van der Waals surface area contributed by atoms with Gasteiger partial charge in [0.15, 0.2) is 0 Å². The van der Waals surface area contributed by atoms with Gasteiger partial charge < -0.3 is 10.6 Å². The molecule has 3 rings (SSSR count). The van der Waals surface area contributed by atoms with E-state index in [0.29, 0.717) is 11.3 Å². The Kier molecular flexibility index (Phi) is 4.73. The van der Waals surface area contributed by atoms with Crippen molar-refractivity contribution in [3.8, 4) is 0 Å². The molecule has 1 aliphatic carbocycles.